The van der Waals surface area contributed by atoms with Gasteiger partial charge in [0.15, 0.2) is 5.11 Å². The molecule has 0 aromatic heterocycles. The minimum atomic E-state index is -0.0325. The summed E-state index contributed by atoms with van der Waals surface area (Å²) in [7, 11) is 0. The summed E-state index contributed by atoms with van der Waals surface area (Å²) in [5, 5.41) is 0.116. The topological polar surface area (TPSA) is 73.8 Å². The van der Waals surface area contributed by atoms with E-state index in [0.29, 0.717) is 0 Å². The number of aryl methyl sites for hydroxylation is 1. The number of rotatable bonds is 3. The predicted molar refractivity (Wildman–Crippen MR) is 148 cm³/mol. The highest BCUT2D eigenvalue weighted by Gasteiger charge is 2.32. The van der Waals surface area contributed by atoms with Gasteiger partial charge in [0.25, 0.3) is 0 Å². The molecule has 8 heteroatoms. The smallest absolute Gasteiger partial charge is 0.177 e. The van der Waals surface area contributed by atoms with Gasteiger partial charge in [0.1, 0.15) is 5.82 Å². The number of benzene rings is 1. The molecule has 0 radical (unpaired) electrons. The molecule has 35 heavy (non-hydrogen) atoms. The Morgan fingerprint density at radius 2 is 1.49 bits per heavy atom. The van der Waals surface area contributed by atoms with Gasteiger partial charge in [-0.05, 0) is 74.4 Å². The molecule has 0 unspecified atom stereocenters. The molecule has 2 saturated carbocycles. The average Bonchev–Trinajstić information content (AvgIpc) is 2.89. The van der Waals surface area contributed by atoms with E-state index in [0.717, 1.165) is 61.9 Å². The highest BCUT2D eigenvalue weighted by Crippen LogP contribution is 2.39. The van der Waals surface area contributed by atoms with Gasteiger partial charge in [0, 0.05) is 51.0 Å². The summed E-state index contributed by atoms with van der Waals surface area (Å²) >= 11 is 4.24. The lowest BCUT2D eigenvalue weighted by Crippen LogP contribution is -2.51. The van der Waals surface area contributed by atoms with E-state index in [2.05, 4.69) is 45.8 Å². The first-order chi connectivity index (χ1) is 17.0. The first-order valence-corrected chi connectivity index (χ1v) is 14.2. The number of thiocarbonyl (C=S) groups is 1. The number of piperidine rings is 1. The Balaban J connectivity index is 0.000000527. The van der Waals surface area contributed by atoms with E-state index >= 15 is 4.39 Å². The largest absolute Gasteiger partial charge is 0.375 e. The van der Waals surface area contributed by atoms with Crippen molar-refractivity contribution in [2.24, 2.45) is 23.4 Å². The summed E-state index contributed by atoms with van der Waals surface area (Å²) in [6, 6.07) is 4.76. The molecule has 196 valence electrons. The van der Waals surface area contributed by atoms with Crippen molar-refractivity contribution >= 4 is 28.7 Å². The summed E-state index contributed by atoms with van der Waals surface area (Å²) in [5.74, 6) is 6.40. The Morgan fingerprint density at radius 3 is 2.14 bits per heavy atom. The Hall–Kier alpha value is -1.64. The lowest BCUT2D eigenvalue weighted by molar-refractivity contribution is 0.147. The Morgan fingerprint density at radius 1 is 0.857 bits per heavy atom. The van der Waals surface area contributed by atoms with Gasteiger partial charge in [-0.1, -0.05) is 38.5 Å². The summed E-state index contributed by atoms with van der Waals surface area (Å²) in [4.78, 5) is 7.56. The maximum Gasteiger partial charge on any atom is 0.177 e. The van der Waals surface area contributed by atoms with Crippen molar-refractivity contribution in [3.8, 4) is 0 Å². The van der Waals surface area contributed by atoms with Gasteiger partial charge in [-0.3, -0.25) is 4.90 Å². The van der Waals surface area contributed by atoms with E-state index in [9.17, 15) is 0 Å². The second kappa shape index (κ2) is 12.5. The van der Waals surface area contributed by atoms with Crippen LogP contribution in [0.2, 0.25) is 0 Å². The molecule has 2 atom stereocenters. The zero-order chi connectivity index (χ0) is 24.8. The third kappa shape index (κ3) is 6.77. The normalized spacial score (nSPS) is 25.9. The number of hydrogen-bond donors (Lipinski definition) is 3. The van der Waals surface area contributed by atoms with Crippen LogP contribution in [-0.2, 0) is 0 Å². The summed E-state index contributed by atoms with van der Waals surface area (Å²) in [6.07, 6.45) is 13.9. The van der Waals surface area contributed by atoms with Crippen LogP contribution in [0.4, 0.5) is 15.8 Å². The second-order valence-electron chi connectivity index (χ2n) is 11.0. The zero-order valence-electron chi connectivity index (χ0n) is 21.5. The number of nitrogens with two attached hydrogens (primary N) is 2. The number of hydrogen-bond acceptors (Lipinski definition) is 5. The van der Waals surface area contributed by atoms with Crippen molar-refractivity contribution in [2.75, 3.05) is 49.1 Å². The van der Waals surface area contributed by atoms with E-state index in [1.165, 1.54) is 76.4 Å². The SMILES string of the molecule is Cc1cc(F)c(N2CCN(C3CCCCC3)CC2)cc1N1CC[C@@H]2CCCC[C@@H]2C1.NNC(N)=S. The van der Waals surface area contributed by atoms with Crippen molar-refractivity contribution in [1.82, 2.24) is 10.3 Å². The molecule has 1 aromatic rings. The summed E-state index contributed by atoms with van der Waals surface area (Å²) in [6.45, 7) is 8.49. The molecule has 2 aliphatic heterocycles. The number of piperazine rings is 1. The van der Waals surface area contributed by atoms with Gasteiger partial charge in [-0.15, -0.1) is 0 Å². The third-order valence-corrected chi connectivity index (χ3v) is 8.90. The van der Waals surface area contributed by atoms with Gasteiger partial charge in [-0.2, -0.15) is 0 Å². The standard InChI is InChI=1S/C26H40FN3.CH5N3S/c1-20-17-24(27)26(29-15-13-28(14-16-29)23-9-3-2-4-10-23)18-25(20)30-12-11-21-7-5-6-8-22(21)19-30;2-1(5)4-3/h17-18,21-23H,2-16,19H2,1H3;3H2,(H3,2,4,5)/t21-,22+;/m0./s1. The first kappa shape index (κ1) is 26.4. The monoisotopic (exact) mass is 504 g/mol. The lowest BCUT2D eigenvalue weighted by atomic mass is 9.75. The van der Waals surface area contributed by atoms with Crippen molar-refractivity contribution in [3.05, 3.63) is 23.5 Å². The fraction of sp³-hybridized carbons (Fsp3) is 0.741. The van der Waals surface area contributed by atoms with E-state index in [4.69, 9.17) is 5.73 Å². The molecule has 0 spiro atoms. The van der Waals surface area contributed by atoms with Crippen LogP contribution in [0.25, 0.3) is 0 Å². The molecule has 5 rings (SSSR count). The van der Waals surface area contributed by atoms with Crippen LogP contribution >= 0.6 is 12.2 Å². The van der Waals surface area contributed by atoms with E-state index in [1.807, 2.05) is 5.43 Å². The number of halogens is 1. The first-order valence-electron chi connectivity index (χ1n) is 13.8. The van der Waals surface area contributed by atoms with Crippen LogP contribution in [0.5, 0.6) is 0 Å². The van der Waals surface area contributed by atoms with Gasteiger partial charge in [0.05, 0.1) is 5.69 Å². The number of nitrogens with one attached hydrogen (secondary N) is 1. The summed E-state index contributed by atoms with van der Waals surface area (Å²) < 4.78 is 15.0. The predicted octanol–water partition coefficient (Wildman–Crippen LogP) is 4.30. The molecule has 2 heterocycles. The van der Waals surface area contributed by atoms with Gasteiger partial charge >= 0.3 is 0 Å². The third-order valence-electron chi connectivity index (χ3n) is 8.79. The molecular weight excluding hydrogens is 459 g/mol. The van der Waals surface area contributed by atoms with Crippen LogP contribution in [0.15, 0.2) is 12.1 Å². The Kier molecular flexibility index (Phi) is 9.47. The van der Waals surface area contributed by atoms with Crippen molar-refractivity contribution in [2.45, 2.75) is 77.2 Å². The van der Waals surface area contributed by atoms with Gasteiger partial charge in [0.2, 0.25) is 0 Å². The lowest BCUT2D eigenvalue weighted by Gasteiger charge is -2.44. The Labute approximate surface area is 216 Å². The van der Waals surface area contributed by atoms with Gasteiger partial charge < -0.3 is 21.0 Å². The van der Waals surface area contributed by atoms with Crippen LogP contribution in [0.1, 0.15) is 69.8 Å². The molecule has 5 N–H and O–H groups in total. The Bertz CT molecular complexity index is 837. The minimum absolute atomic E-state index is 0.0325. The maximum atomic E-state index is 15.0. The van der Waals surface area contributed by atoms with Gasteiger partial charge in [-0.25, -0.2) is 10.2 Å². The fourth-order valence-corrected chi connectivity index (χ4v) is 6.83. The van der Waals surface area contributed by atoms with E-state index < -0.39 is 0 Å². The van der Waals surface area contributed by atoms with Crippen molar-refractivity contribution in [1.29, 1.82) is 0 Å². The number of fused-ring (bicyclic) bond motifs is 1. The molecule has 0 bridgehead atoms. The summed E-state index contributed by atoms with van der Waals surface area (Å²) in [5.41, 5.74) is 10.0. The number of hydrazine groups is 1. The van der Waals surface area contributed by atoms with Crippen LogP contribution < -0.4 is 26.8 Å². The highest BCUT2D eigenvalue weighted by atomic mass is 32.1. The molecule has 2 aliphatic carbocycles. The highest BCUT2D eigenvalue weighted by molar-refractivity contribution is 7.80. The minimum Gasteiger partial charge on any atom is -0.375 e. The molecule has 0 amide bonds. The number of anilines is 2. The van der Waals surface area contributed by atoms with Crippen molar-refractivity contribution in [3.63, 3.8) is 0 Å². The van der Waals surface area contributed by atoms with Crippen LogP contribution in [0.3, 0.4) is 0 Å². The molecule has 4 aliphatic rings. The molecule has 1 aromatic carbocycles. The second-order valence-corrected chi connectivity index (χ2v) is 11.4. The molecule has 2 saturated heterocycles. The van der Waals surface area contributed by atoms with E-state index in [1.54, 1.807) is 6.07 Å². The average molecular weight is 505 g/mol. The van der Waals surface area contributed by atoms with Crippen LogP contribution in [0, 0.1) is 24.6 Å². The van der Waals surface area contributed by atoms with E-state index in [-0.39, 0.29) is 10.9 Å². The zero-order valence-corrected chi connectivity index (χ0v) is 22.3. The molecule has 4 fully saturated rings. The molecule has 6 nitrogen and oxygen atoms in total. The van der Waals surface area contributed by atoms with Crippen molar-refractivity contribution < 1.29 is 4.39 Å². The quantitative estimate of drug-likeness (QED) is 0.322. The van der Waals surface area contributed by atoms with Crippen LogP contribution in [-0.4, -0.2) is 55.3 Å². The fourth-order valence-electron chi connectivity index (χ4n) is 6.83. The maximum absolute atomic E-state index is 15.0. The number of nitrogens with zero attached hydrogens (tertiary/aromatic N) is 3. The molecular formula is C27H45FN6S.